The number of hydrogen-bond acceptors (Lipinski definition) is 5. The molecule has 0 bridgehead atoms. The van der Waals surface area contributed by atoms with E-state index >= 15 is 0 Å². The van der Waals surface area contributed by atoms with Crippen LogP contribution in [0, 0.1) is 5.82 Å². The molecule has 8 heteroatoms. The van der Waals surface area contributed by atoms with E-state index in [0.29, 0.717) is 25.9 Å². The van der Waals surface area contributed by atoms with E-state index in [1.165, 1.54) is 24.9 Å². The van der Waals surface area contributed by atoms with Gasteiger partial charge in [0, 0.05) is 6.04 Å². The van der Waals surface area contributed by atoms with Crippen LogP contribution in [0.5, 0.6) is 11.5 Å². The molecule has 1 saturated heterocycles. The summed E-state index contributed by atoms with van der Waals surface area (Å²) in [5, 5.41) is 10.5. The Bertz CT molecular complexity index is 1070. The highest BCUT2D eigenvalue weighted by Crippen LogP contribution is 2.41. The van der Waals surface area contributed by atoms with Crippen molar-refractivity contribution in [1.29, 1.82) is 0 Å². The van der Waals surface area contributed by atoms with Crippen LogP contribution < -0.4 is 4.74 Å². The minimum atomic E-state index is -0.420. The first-order valence-electron chi connectivity index (χ1n) is 10.1. The maximum absolute atomic E-state index is 14.2. The number of amides is 1. The van der Waals surface area contributed by atoms with Crippen LogP contribution in [0.2, 0.25) is 0 Å². The van der Waals surface area contributed by atoms with Crippen molar-refractivity contribution in [2.24, 2.45) is 4.99 Å². The lowest BCUT2D eigenvalue weighted by molar-refractivity contribution is -0.124. The zero-order valence-electron chi connectivity index (χ0n) is 17.0. The Hall–Kier alpha value is -2.32. The molecule has 31 heavy (non-hydrogen) atoms. The van der Waals surface area contributed by atoms with Gasteiger partial charge in [-0.3, -0.25) is 9.69 Å². The molecule has 1 saturated carbocycles. The lowest BCUT2D eigenvalue weighted by atomic mass is 9.94. The van der Waals surface area contributed by atoms with Gasteiger partial charge in [-0.2, -0.15) is 0 Å². The Morgan fingerprint density at radius 1 is 1.26 bits per heavy atom. The smallest absolute Gasteiger partial charge is 0.267 e. The first-order valence-corrected chi connectivity index (χ1v) is 11.7. The first-order chi connectivity index (χ1) is 15.0. The Morgan fingerprint density at radius 2 is 2.00 bits per heavy atom. The van der Waals surface area contributed by atoms with E-state index in [2.05, 4.69) is 20.9 Å². The fourth-order valence-electron chi connectivity index (χ4n) is 3.86. The predicted octanol–water partition coefficient (Wildman–Crippen LogP) is 6.24. The molecule has 4 rings (SSSR count). The molecule has 2 aromatic carbocycles. The predicted molar refractivity (Wildman–Crippen MR) is 125 cm³/mol. The number of aromatic hydroxyl groups is 1. The van der Waals surface area contributed by atoms with E-state index in [0.717, 1.165) is 32.1 Å². The Balaban J connectivity index is 1.74. The third-order valence-electron chi connectivity index (χ3n) is 5.41. The second kappa shape index (κ2) is 9.44. The van der Waals surface area contributed by atoms with Crippen LogP contribution in [-0.4, -0.2) is 34.2 Å². The van der Waals surface area contributed by atoms with Crippen LogP contribution in [0.3, 0.4) is 0 Å². The molecule has 0 radical (unpaired) electrons. The number of halogens is 2. The fourth-order valence-corrected chi connectivity index (χ4v) is 5.37. The average molecular weight is 505 g/mol. The summed E-state index contributed by atoms with van der Waals surface area (Å²) in [6, 6.07) is 9.76. The number of nitrogens with zero attached hydrogens (tertiary/aromatic N) is 2. The number of thioether (sulfide) groups is 1. The molecule has 1 aliphatic heterocycles. The molecule has 5 nitrogen and oxygen atoms in total. The first kappa shape index (κ1) is 21.9. The van der Waals surface area contributed by atoms with Gasteiger partial charge in [0.25, 0.3) is 5.91 Å². The summed E-state index contributed by atoms with van der Waals surface area (Å²) in [6.07, 6.45) is 6.86. The van der Waals surface area contributed by atoms with Crippen molar-refractivity contribution in [3.8, 4) is 11.5 Å². The third-order valence-corrected chi connectivity index (χ3v) is 7.00. The monoisotopic (exact) mass is 504 g/mol. The lowest BCUT2D eigenvalue weighted by Crippen LogP contribution is -2.40. The molecule has 0 spiro atoms. The van der Waals surface area contributed by atoms with Crippen molar-refractivity contribution in [3.63, 3.8) is 0 Å². The molecule has 2 aromatic rings. The summed E-state index contributed by atoms with van der Waals surface area (Å²) < 4.78 is 19.9. The normalized spacial score (nSPS) is 20.1. The van der Waals surface area contributed by atoms with Gasteiger partial charge in [-0.1, -0.05) is 31.4 Å². The number of phenols is 1. The minimum Gasteiger partial charge on any atom is -0.503 e. The number of carbonyl (C=O) groups is 1. The number of para-hydroxylation sites is 1. The molecule has 2 fully saturated rings. The molecule has 1 amide bonds. The van der Waals surface area contributed by atoms with E-state index in [9.17, 15) is 14.3 Å². The summed E-state index contributed by atoms with van der Waals surface area (Å²) in [5.41, 5.74) is 0.919. The average Bonchev–Trinajstić information content (AvgIpc) is 3.07. The van der Waals surface area contributed by atoms with E-state index < -0.39 is 5.82 Å². The van der Waals surface area contributed by atoms with Crippen LogP contribution in [0.4, 0.5) is 10.1 Å². The second-order valence-electron chi connectivity index (χ2n) is 7.48. The van der Waals surface area contributed by atoms with Crippen molar-refractivity contribution < 1.29 is 19.0 Å². The molecular weight excluding hydrogens is 483 g/mol. The van der Waals surface area contributed by atoms with Gasteiger partial charge in [0.05, 0.1) is 16.5 Å². The molecule has 162 valence electrons. The van der Waals surface area contributed by atoms with Gasteiger partial charge in [0.1, 0.15) is 11.5 Å². The number of carbonyl (C=O) groups excluding carboxylic acids is 1. The number of hydrogen-bond donors (Lipinski definition) is 1. The molecular formula is C23H22BrFN2O3S. The highest BCUT2D eigenvalue weighted by atomic mass is 79.9. The number of phenolic OH excluding ortho intramolecular Hbond substituents is 1. The summed E-state index contributed by atoms with van der Waals surface area (Å²) in [5.74, 6) is -0.242. The van der Waals surface area contributed by atoms with Crippen molar-refractivity contribution in [2.75, 3.05) is 7.11 Å². The maximum atomic E-state index is 14.2. The number of rotatable bonds is 4. The quantitative estimate of drug-likeness (QED) is 0.500. The van der Waals surface area contributed by atoms with E-state index in [1.54, 1.807) is 41.3 Å². The van der Waals surface area contributed by atoms with Gasteiger partial charge in [-0.05, 0) is 76.4 Å². The van der Waals surface area contributed by atoms with E-state index in [-0.39, 0.29) is 23.4 Å². The van der Waals surface area contributed by atoms with Crippen LogP contribution >= 0.6 is 27.7 Å². The second-order valence-corrected chi connectivity index (χ2v) is 9.34. The zero-order valence-corrected chi connectivity index (χ0v) is 19.4. The fraction of sp³-hybridized carbons (Fsp3) is 0.304. The number of ether oxygens (including phenoxy) is 1. The van der Waals surface area contributed by atoms with Crippen LogP contribution in [0.15, 0.2) is 50.8 Å². The SMILES string of the molecule is COc1cc(/C=C2\SC(=Nc3ccccc3F)N(C3CCCCC3)C2=O)cc(Br)c1O. The van der Waals surface area contributed by atoms with E-state index in [1.807, 2.05) is 0 Å². The zero-order chi connectivity index (χ0) is 22.0. The van der Waals surface area contributed by atoms with Crippen molar-refractivity contribution in [3.05, 3.63) is 57.2 Å². The number of aliphatic imine (C=N–C) groups is 1. The maximum Gasteiger partial charge on any atom is 0.267 e. The van der Waals surface area contributed by atoms with Gasteiger partial charge in [-0.25, -0.2) is 9.38 Å². The van der Waals surface area contributed by atoms with Gasteiger partial charge < -0.3 is 9.84 Å². The largest absolute Gasteiger partial charge is 0.503 e. The van der Waals surface area contributed by atoms with Crippen LogP contribution in [-0.2, 0) is 4.79 Å². The Kier molecular flexibility index (Phi) is 6.67. The van der Waals surface area contributed by atoms with Crippen molar-refractivity contribution in [1.82, 2.24) is 4.90 Å². The van der Waals surface area contributed by atoms with Gasteiger partial charge >= 0.3 is 0 Å². The van der Waals surface area contributed by atoms with E-state index in [4.69, 9.17) is 4.74 Å². The molecule has 0 aromatic heterocycles. The van der Waals surface area contributed by atoms with Gasteiger partial charge in [-0.15, -0.1) is 0 Å². The summed E-state index contributed by atoms with van der Waals surface area (Å²) in [4.78, 5) is 20.1. The highest BCUT2D eigenvalue weighted by molar-refractivity contribution is 9.10. The topological polar surface area (TPSA) is 62.1 Å². The molecule has 1 aliphatic carbocycles. The lowest BCUT2D eigenvalue weighted by Gasteiger charge is -2.30. The van der Waals surface area contributed by atoms with Gasteiger partial charge in [0.15, 0.2) is 16.7 Å². The summed E-state index contributed by atoms with van der Waals surface area (Å²) >= 11 is 4.56. The van der Waals surface area contributed by atoms with Gasteiger partial charge in [0.2, 0.25) is 0 Å². The van der Waals surface area contributed by atoms with Crippen LogP contribution in [0.25, 0.3) is 6.08 Å². The molecule has 1 N–H and O–H groups in total. The number of methoxy groups -OCH3 is 1. The number of amidine groups is 1. The van der Waals surface area contributed by atoms with Crippen molar-refractivity contribution in [2.45, 2.75) is 38.1 Å². The third kappa shape index (κ3) is 4.65. The van der Waals surface area contributed by atoms with Crippen LogP contribution in [0.1, 0.15) is 37.7 Å². The Morgan fingerprint density at radius 3 is 2.71 bits per heavy atom. The minimum absolute atomic E-state index is 0.000637. The molecule has 1 heterocycles. The summed E-state index contributed by atoms with van der Waals surface area (Å²) in [6.45, 7) is 0. The number of benzene rings is 2. The van der Waals surface area contributed by atoms with Crippen molar-refractivity contribution >= 4 is 50.5 Å². The molecule has 0 atom stereocenters. The standard InChI is InChI=1S/C23H22BrFN2O3S/c1-30-19-12-14(11-16(24)21(19)28)13-20-22(29)27(15-7-3-2-4-8-15)23(31-20)26-18-10-6-5-9-17(18)25/h5-6,9-13,15,28H,2-4,7-8H2,1H3/b20-13-,26-23?. The summed E-state index contributed by atoms with van der Waals surface area (Å²) in [7, 11) is 1.47. The Labute approximate surface area is 193 Å². The molecule has 2 aliphatic rings. The highest BCUT2D eigenvalue weighted by Gasteiger charge is 2.38. The molecule has 0 unspecified atom stereocenters.